The van der Waals surface area contributed by atoms with E-state index in [1.165, 1.54) is 29.1 Å². The van der Waals surface area contributed by atoms with Gasteiger partial charge in [0.1, 0.15) is 0 Å². The van der Waals surface area contributed by atoms with Gasteiger partial charge in [0.05, 0.1) is 16.6 Å². The lowest BCUT2D eigenvalue weighted by atomic mass is 10.1. The molecule has 0 unspecified atom stereocenters. The zero-order valence-electron chi connectivity index (χ0n) is 14.8. The monoisotopic (exact) mass is 414 g/mol. The van der Waals surface area contributed by atoms with Gasteiger partial charge < -0.3 is 10.4 Å². The van der Waals surface area contributed by atoms with Gasteiger partial charge >= 0.3 is 0 Å². The maximum Gasteiger partial charge on any atom is 0.269 e. The number of aliphatic hydroxyl groups is 1. The van der Waals surface area contributed by atoms with Gasteiger partial charge in [0.25, 0.3) is 11.6 Å². The Hall–Kier alpha value is -2.68. The van der Waals surface area contributed by atoms with Crippen molar-refractivity contribution in [3.05, 3.63) is 92.2 Å². The molecule has 1 heterocycles. The summed E-state index contributed by atoms with van der Waals surface area (Å²) in [6, 6.07) is 17.0. The van der Waals surface area contributed by atoms with Crippen LogP contribution >= 0.6 is 23.1 Å². The van der Waals surface area contributed by atoms with Crippen LogP contribution in [0.5, 0.6) is 0 Å². The van der Waals surface area contributed by atoms with Gasteiger partial charge in [-0.3, -0.25) is 14.9 Å². The van der Waals surface area contributed by atoms with Crippen molar-refractivity contribution in [2.75, 3.05) is 6.54 Å². The molecule has 0 fully saturated rings. The highest BCUT2D eigenvalue weighted by Crippen LogP contribution is 2.28. The Morgan fingerprint density at radius 1 is 1.14 bits per heavy atom. The zero-order valence-corrected chi connectivity index (χ0v) is 16.4. The number of benzene rings is 2. The van der Waals surface area contributed by atoms with Crippen molar-refractivity contribution in [2.24, 2.45) is 0 Å². The van der Waals surface area contributed by atoms with E-state index in [1.54, 1.807) is 35.2 Å². The topological polar surface area (TPSA) is 92.5 Å². The molecule has 1 atom stereocenters. The number of rotatable bonds is 8. The molecule has 0 bridgehead atoms. The molecule has 0 saturated carbocycles. The van der Waals surface area contributed by atoms with E-state index in [1.807, 2.05) is 23.6 Å². The Bertz CT molecular complexity index is 943. The number of non-ortho nitro benzene ring substituents is 1. The number of nitro groups is 1. The Morgan fingerprint density at radius 3 is 2.57 bits per heavy atom. The molecule has 1 amide bonds. The molecule has 28 heavy (non-hydrogen) atoms. The highest BCUT2D eigenvalue weighted by atomic mass is 32.2. The van der Waals surface area contributed by atoms with Crippen LogP contribution in [0.1, 0.15) is 26.9 Å². The van der Waals surface area contributed by atoms with Crippen molar-refractivity contribution in [1.29, 1.82) is 0 Å². The maximum atomic E-state index is 12.6. The molecule has 8 heteroatoms. The summed E-state index contributed by atoms with van der Waals surface area (Å²) in [7, 11) is 0. The van der Waals surface area contributed by atoms with Crippen molar-refractivity contribution < 1.29 is 14.8 Å². The highest BCUT2D eigenvalue weighted by Gasteiger charge is 2.15. The van der Waals surface area contributed by atoms with Gasteiger partial charge in [-0.05, 0) is 41.3 Å². The second-order valence-electron chi connectivity index (χ2n) is 5.94. The van der Waals surface area contributed by atoms with Crippen LogP contribution in [0.15, 0.2) is 70.9 Å². The number of hydrogen-bond acceptors (Lipinski definition) is 6. The summed E-state index contributed by atoms with van der Waals surface area (Å²) in [4.78, 5) is 24.9. The average Bonchev–Trinajstić information content (AvgIpc) is 3.24. The molecule has 144 valence electrons. The number of nitrogens with zero attached hydrogens (tertiary/aromatic N) is 1. The Labute approximate surface area is 170 Å². The molecule has 0 aliphatic heterocycles. The molecule has 0 aliphatic rings. The number of carbonyl (C=O) groups is 1. The summed E-state index contributed by atoms with van der Waals surface area (Å²) < 4.78 is 0. The van der Waals surface area contributed by atoms with Crippen LogP contribution in [0.3, 0.4) is 0 Å². The maximum absolute atomic E-state index is 12.6. The van der Waals surface area contributed by atoms with E-state index in [4.69, 9.17) is 0 Å². The zero-order chi connectivity index (χ0) is 19.9. The number of thioether (sulfide) groups is 1. The van der Waals surface area contributed by atoms with E-state index in [9.17, 15) is 20.0 Å². The van der Waals surface area contributed by atoms with Crippen molar-refractivity contribution >= 4 is 34.7 Å². The smallest absolute Gasteiger partial charge is 0.269 e. The lowest BCUT2D eigenvalue weighted by Crippen LogP contribution is -2.28. The number of thiophene rings is 1. The summed E-state index contributed by atoms with van der Waals surface area (Å²) in [6.07, 6.45) is -0.948. The Kier molecular flexibility index (Phi) is 6.80. The van der Waals surface area contributed by atoms with Gasteiger partial charge in [0, 0.05) is 34.2 Å². The van der Waals surface area contributed by atoms with Crippen LogP contribution in [-0.2, 0) is 5.75 Å². The van der Waals surface area contributed by atoms with Gasteiger partial charge in [0.2, 0.25) is 0 Å². The molecule has 2 N–H and O–H groups in total. The van der Waals surface area contributed by atoms with Crippen molar-refractivity contribution in [3.63, 3.8) is 0 Å². The van der Waals surface area contributed by atoms with Gasteiger partial charge in [-0.2, -0.15) is 0 Å². The van der Waals surface area contributed by atoms with Crippen LogP contribution < -0.4 is 5.32 Å². The molecular formula is C20H18N2O4S2. The van der Waals surface area contributed by atoms with Crippen LogP contribution in [0, 0.1) is 10.1 Å². The normalized spacial score (nSPS) is 11.8. The summed E-state index contributed by atoms with van der Waals surface area (Å²) in [5.74, 6) is 0.517. The fourth-order valence-corrected chi connectivity index (χ4v) is 4.37. The summed E-state index contributed by atoms with van der Waals surface area (Å²) in [5, 5.41) is 25.7. The van der Waals surface area contributed by atoms with Crippen LogP contribution in [0.2, 0.25) is 0 Å². The quantitative estimate of drug-likeness (QED) is 0.324. The summed E-state index contributed by atoms with van der Waals surface area (Å²) in [6.45, 7) is 0.0145. The Morgan fingerprint density at radius 2 is 1.89 bits per heavy atom. The number of amides is 1. The number of hydrogen-bond donors (Lipinski definition) is 2. The standard InChI is InChI=1S/C20H18N2O4S2/c23-18(14-7-9-15(10-8-14)22(25)26)12-21-20(24)17-5-1-2-6-19(17)28-13-16-4-3-11-27-16/h1-11,18,23H,12-13H2,(H,21,24)/t18-/m1/s1. The third-order valence-corrected chi connectivity index (χ3v) is 6.21. The first-order valence-electron chi connectivity index (χ1n) is 8.49. The van der Waals surface area contributed by atoms with Crippen molar-refractivity contribution in [3.8, 4) is 0 Å². The fraction of sp³-hybridized carbons (Fsp3) is 0.150. The van der Waals surface area contributed by atoms with E-state index >= 15 is 0 Å². The molecule has 0 saturated heterocycles. The first-order chi connectivity index (χ1) is 13.5. The minimum atomic E-state index is -0.948. The lowest BCUT2D eigenvalue weighted by molar-refractivity contribution is -0.384. The molecule has 0 radical (unpaired) electrons. The summed E-state index contributed by atoms with van der Waals surface area (Å²) >= 11 is 3.27. The van der Waals surface area contributed by atoms with Crippen molar-refractivity contribution in [1.82, 2.24) is 5.32 Å². The minimum absolute atomic E-state index is 0.0145. The van der Waals surface area contributed by atoms with Gasteiger partial charge in [-0.1, -0.05) is 18.2 Å². The second-order valence-corrected chi connectivity index (χ2v) is 7.99. The third-order valence-electron chi connectivity index (χ3n) is 4.03. The van der Waals surface area contributed by atoms with Crippen molar-refractivity contribution in [2.45, 2.75) is 16.8 Å². The first kappa shape index (κ1) is 20.1. The van der Waals surface area contributed by atoms with Gasteiger partial charge in [0.15, 0.2) is 0 Å². The van der Waals surface area contributed by atoms with Crippen LogP contribution in [-0.4, -0.2) is 22.5 Å². The van der Waals surface area contributed by atoms with Crippen LogP contribution in [0.4, 0.5) is 5.69 Å². The molecular weight excluding hydrogens is 396 g/mol. The highest BCUT2D eigenvalue weighted by molar-refractivity contribution is 7.98. The molecule has 0 spiro atoms. The van der Waals surface area contributed by atoms with E-state index in [0.29, 0.717) is 11.1 Å². The summed E-state index contributed by atoms with van der Waals surface area (Å²) in [5.41, 5.74) is 1.02. The Balaban J connectivity index is 1.60. The van der Waals surface area contributed by atoms with Gasteiger partial charge in [-0.15, -0.1) is 23.1 Å². The third kappa shape index (κ3) is 5.19. The van der Waals surface area contributed by atoms with E-state index in [-0.39, 0.29) is 18.1 Å². The molecule has 2 aromatic carbocycles. The van der Waals surface area contributed by atoms with E-state index < -0.39 is 11.0 Å². The van der Waals surface area contributed by atoms with E-state index in [0.717, 1.165) is 10.6 Å². The molecule has 1 aromatic heterocycles. The van der Waals surface area contributed by atoms with E-state index in [2.05, 4.69) is 11.4 Å². The SMILES string of the molecule is O=C(NC[C@@H](O)c1ccc([N+](=O)[O-])cc1)c1ccccc1SCc1cccs1. The molecule has 0 aliphatic carbocycles. The fourth-order valence-electron chi connectivity index (χ4n) is 2.54. The first-order valence-corrected chi connectivity index (χ1v) is 10.4. The lowest BCUT2D eigenvalue weighted by Gasteiger charge is -2.14. The number of nitro benzene ring substituents is 1. The number of aliphatic hydroxyl groups excluding tert-OH is 1. The largest absolute Gasteiger partial charge is 0.387 e. The predicted molar refractivity (Wildman–Crippen MR) is 111 cm³/mol. The average molecular weight is 415 g/mol. The minimum Gasteiger partial charge on any atom is -0.387 e. The molecule has 6 nitrogen and oxygen atoms in total. The number of nitrogens with one attached hydrogen (secondary N) is 1. The molecule has 3 aromatic rings. The predicted octanol–water partition coefficient (Wildman–Crippen LogP) is 4.41. The van der Waals surface area contributed by atoms with Gasteiger partial charge in [-0.25, -0.2) is 0 Å². The second kappa shape index (κ2) is 9.50. The van der Waals surface area contributed by atoms with Crippen LogP contribution in [0.25, 0.3) is 0 Å². The number of carbonyl (C=O) groups excluding carboxylic acids is 1. The molecule has 3 rings (SSSR count).